The number of fused-ring (bicyclic) bond motifs is 1. The smallest absolute Gasteiger partial charge is 0.270 e. The minimum absolute atomic E-state index is 0.0884. The largest absolute Gasteiger partial charge is 0.322 e. The number of rotatable bonds is 4. The van der Waals surface area contributed by atoms with Crippen molar-refractivity contribution in [3.8, 4) is 0 Å². The fourth-order valence-electron chi connectivity index (χ4n) is 4.28. The average molecular weight is 465 g/mol. The van der Waals surface area contributed by atoms with E-state index in [0.29, 0.717) is 20.6 Å². The highest BCUT2D eigenvalue weighted by Crippen LogP contribution is 2.33. The fourth-order valence-corrected chi connectivity index (χ4v) is 6.19. The lowest BCUT2D eigenvalue weighted by molar-refractivity contribution is -0.113. The number of carbonyl (C=O) groups excluding carboxylic acids is 1. The minimum atomic E-state index is -0.492. The molecule has 0 bridgehead atoms. The standard InChI is InChI=1S/C24H24N4O2S2/c1-14-7-3-4-9-17(14)27-22(29)20-15(2)26-24-28(21(20)18-10-6-12-31-18)23(30)19(32-24)13-16-8-5-11-25-16/h3-4,6-7,9-10,12-13,16,21,25H,5,8,11H2,1-2H3,(H,27,29)/b19-13+. The van der Waals surface area contributed by atoms with Crippen LogP contribution >= 0.6 is 22.7 Å². The van der Waals surface area contributed by atoms with Crippen molar-refractivity contribution in [1.29, 1.82) is 0 Å². The molecule has 6 nitrogen and oxygen atoms in total. The predicted molar refractivity (Wildman–Crippen MR) is 130 cm³/mol. The zero-order valence-corrected chi connectivity index (χ0v) is 19.6. The SMILES string of the molecule is CC1=C(C(=O)Nc2ccccc2C)C(c2cccs2)n2c(s/c(=C/C3CCCN3)c2=O)=N1. The molecule has 3 aromatic rings. The van der Waals surface area contributed by atoms with Gasteiger partial charge in [0, 0.05) is 16.6 Å². The summed E-state index contributed by atoms with van der Waals surface area (Å²) in [7, 11) is 0. The third-order valence-corrected chi connectivity index (χ3v) is 7.85. The Morgan fingerprint density at radius 1 is 1.25 bits per heavy atom. The van der Waals surface area contributed by atoms with E-state index in [1.165, 1.54) is 11.3 Å². The maximum Gasteiger partial charge on any atom is 0.270 e. The van der Waals surface area contributed by atoms with Crippen LogP contribution in [-0.2, 0) is 4.79 Å². The molecule has 0 spiro atoms. The lowest BCUT2D eigenvalue weighted by Crippen LogP contribution is -2.40. The third kappa shape index (κ3) is 3.79. The van der Waals surface area contributed by atoms with E-state index in [1.807, 2.05) is 61.7 Å². The summed E-state index contributed by atoms with van der Waals surface area (Å²) in [5, 5.41) is 8.43. The van der Waals surface area contributed by atoms with Gasteiger partial charge in [-0.25, -0.2) is 4.99 Å². The van der Waals surface area contributed by atoms with Crippen molar-refractivity contribution in [2.45, 2.75) is 38.8 Å². The van der Waals surface area contributed by atoms with Gasteiger partial charge >= 0.3 is 0 Å². The maximum absolute atomic E-state index is 13.5. The Kier molecular flexibility index (Phi) is 5.67. The number of aromatic nitrogens is 1. The molecule has 2 atom stereocenters. The number of anilines is 1. The Balaban J connectivity index is 1.62. The van der Waals surface area contributed by atoms with Gasteiger partial charge in [0.05, 0.1) is 15.8 Å². The number of thiophene rings is 1. The predicted octanol–water partition coefficient (Wildman–Crippen LogP) is 2.95. The van der Waals surface area contributed by atoms with Gasteiger partial charge in [0.15, 0.2) is 4.80 Å². The van der Waals surface area contributed by atoms with Crippen molar-refractivity contribution in [3.63, 3.8) is 0 Å². The second-order valence-corrected chi connectivity index (χ2v) is 10.1. The number of carbonyl (C=O) groups is 1. The zero-order chi connectivity index (χ0) is 22.2. The van der Waals surface area contributed by atoms with Gasteiger partial charge in [-0.1, -0.05) is 35.6 Å². The lowest BCUT2D eigenvalue weighted by atomic mass is 10.0. The molecule has 1 fully saturated rings. The van der Waals surface area contributed by atoms with Crippen LogP contribution in [0.1, 0.15) is 36.2 Å². The van der Waals surface area contributed by atoms with Gasteiger partial charge in [-0.3, -0.25) is 14.2 Å². The molecule has 2 N–H and O–H groups in total. The molecule has 0 saturated carbocycles. The molecular formula is C24H24N4O2S2. The van der Waals surface area contributed by atoms with E-state index in [-0.39, 0.29) is 17.5 Å². The number of amides is 1. The topological polar surface area (TPSA) is 75.5 Å². The van der Waals surface area contributed by atoms with E-state index in [4.69, 9.17) is 4.99 Å². The highest BCUT2D eigenvalue weighted by atomic mass is 32.1. The van der Waals surface area contributed by atoms with Gasteiger partial charge in [-0.15, -0.1) is 11.3 Å². The normalized spacial score (nSPS) is 20.9. The van der Waals surface area contributed by atoms with Gasteiger partial charge in [-0.2, -0.15) is 0 Å². The van der Waals surface area contributed by atoms with Crippen LogP contribution in [0.25, 0.3) is 6.08 Å². The average Bonchev–Trinajstić information content (AvgIpc) is 3.52. The van der Waals surface area contributed by atoms with E-state index < -0.39 is 6.04 Å². The summed E-state index contributed by atoms with van der Waals surface area (Å²) >= 11 is 2.94. The Morgan fingerprint density at radius 3 is 2.81 bits per heavy atom. The summed E-state index contributed by atoms with van der Waals surface area (Å²) in [4.78, 5) is 33.3. The number of thiazole rings is 1. The number of allylic oxidation sites excluding steroid dienone is 1. The Bertz CT molecular complexity index is 1380. The van der Waals surface area contributed by atoms with Crippen molar-refractivity contribution in [2.75, 3.05) is 11.9 Å². The van der Waals surface area contributed by atoms with Crippen LogP contribution in [0.3, 0.4) is 0 Å². The first-order chi connectivity index (χ1) is 15.5. The highest BCUT2D eigenvalue weighted by Gasteiger charge is 2.33. The first kappa shape index (κ1) is 21.1. The summed E-state index contributed by atoms with van der Waals surface area (Å²) in [5.41, 5.74) is 2.80. The van der Waals surface area contributed by atoms with Crippen LogP contribution in [0.4, 0.5) is 5.69 Å². The highest BCUT2D eigenvalue weighted by molar-refractivity contribution is 7.10. The fraction of sp³-hybridized carbons (Fsp3) is 0.292. The van der Waals surface area contributed by atoms with Crippen LogP contribution in [0, 0.1) is 6.92 Å². The molecule has 5 rings (SSSR count). The van der Waals surface area contributed by atoms with Gasteiger partial charge in [-0.05, 0) is 62.4 Å². The summed E-state index contributed by atoms with van der Waals surface area (Å²) < 4.78 is 2.37. The molecule has 1 aromatic carbocycles. The molecular weight excluding hydrogens is 440 g/mol. The van der Waals surface area contributed by atoms with Gasteiger partial charge in [0.1, 0.15) is 6.04 Å². The number of benzene rings is 1. The van der Waals surface area contributed by atoms with Crippen molar-refractivity contribution < 1.29 is 4.79 Å². The van der Waals surface area contributed by atoms with Crippen molar-refractivity contribution >= 4 is 40.3 Å². The summed E-state index contributed by atoms with van der Waals surface area (Å²) in [5.74, 6) is -0.231. The molecule has 2 aliphatic rings. The molecule has 8 heteroatoms. The molecule has 2 aliphatic heterocycles. The van der Waals surface area contributed by atoms with Gasteiger partial charge < -0.3 is 10.6 Å². The number of hydrogen-bond donors (Lipinski definition) is 2. The van der Waals surface area contributed by atoms with Crippen LogP contribution < -0.4 is 25.5 Å². The van der Waals surface area contributed by atoms with E-state index >= 15 is 0 Å². The molecule has 32 heavy (non-hydrogen) atoms. The van der Waals surface area contributed by atoms with Crippen molar-refractivity contribution in [3.05, 3.63) is 83.2 Å². The van der Waals surface area contributed by atoms with E-state index in [9.17, 15) is 9.59 Å². The summed E-state index contributed by atoms with van der Waals surface area (Å²) in [6.45, 7) is 4.78. The van der Waals surface area contributed by atoms with E-state index in [0.717, 1.165) is 35.5 Å². The lowest BCUT2D eigenvalue weighted by Gasteiger charge is -2.24. The second-order valence-electron chi connectivity index (χ2n) is 8.09. The van der Waals surface area contributed by atoms with E-state index in [2.05, 4.69) is 10.6 Å². The van der Waals surface area contributed by atoms with Crippen LogP contribution in [-0.4, -0.2) is 23.1 Å². The molecule has 0 aliphatic carbocycles. The number of nitrogens with one attached hydrogen (secondary N) is 2. The quantitative estimate of drug-likeness (QED) is 0.623. The van der Waals surface area contributed by atoms with Crippen molar-refractivity contribution in [1.82, 2.24) is 9.88 Å². The Morgan fingerprint density at radius 2 is 2.09 bits per heavy atom. The third-order valence-electron chi connectivity index (χ3n) is 5.92. The number of nitrogens with zero attached hydrogens (tertiary/aromatic N) is 2. The first-order valence-corrected chi connectivity index (χ1v) is 12.4. The molecule has 1 amide bonds. The van der Waals surface area contributed by atoms with E-state index in [1.54, 1.807) is 15.9 Å². The van der Waals surface area contributed by atoms with Gasteiger partial charge in [0.25, 0.3) is 11.5 Å². The van der Waals surface area contributed by atoms with Crippen LogP contribution in [0.2, 0.25) is 0 Å². The molecule has 2 unspecified atom stereocenters. The second kappa shape index (κ2) is 8.61. The van der Waals surface area contributed by atoms with Gasteiger partial charge in [0.2, 0.25) is 0 Å². The minimum Gasteiger partial charge on any atom is -0.322 e. The first-order valence-electron chi connectivity index (χ1n) is 10.7. The zero-order valence-electron chi connectivity index (χ0n) is 17.9. The molecule has 4 heterocycles. The molecule has 1 saturated heterocycles. The molecule has 2 aromatic heterocycles. The molecule has 0 radical (unpaired) electrons. The number of para-hydroxylation sites is 1. The maximum atomic E-state index is 13.5. The number of aryl methyl sites for hydroxylation is 1. The monoisotopic (exact) mass is 464 g/mol. The van der Waals surface area contributed by atoms with Crippen molar-refractivity contribution in [2.24, 2.45) is 4.99 Å². The summed E-state index contributed by atoms with van der Waals surface area (Å²) in [6, 6.07) is 11.3. The van der Waals surface area contributed by atoms with Crippen LogP contribution in [0.15, 0.2) is 62.8 Å². The number of hydrogen-bond acceptors (Lipinski definition) is 6. The molecule has 164 valence electrons. The summed E-state index contributed by atoms with van der Waals surface area (Å²) in [6.07, 6.45) is 4.16. The van der Waals surface area contributed by atoms with Crippen LogP contribution in [0.5, 0.6) is 0 Å². The Hall–Kier alpha value is -2.81. The Labute approximate surface area is 193 Å².